The van der Waals surface area contributed by atoms with Crippen LogP contribution in [0.2, 0.25) is 5.02 Å². The molecule has 39 heavy (non-hydrogen) atoms. The number of H-pyrrole nitrogens is 1. The summed E-state index contributed by atoms with van der Waals surface area (Å²) in [5.41, 5.74) is 12.2. The number of benzene rings is 1. The van der Waals surface area contributed by atoms with Crippen molar-refractivity contribution in [3.63, 3.8) is 0 Å². The monoisotopic (exact) mass is 540 g/mol. The molecule has 7 nitrogen and oxygen atoms in total. The Balaban J connectivity index is 1.38. The third kappa shape index (κ3) is 4.72. The Hall–Kier alpha value is -4.30. The summed E-state index contributed by atoms with van der Waals surface area (Å²) >= 11 is 6.26. The highest BCUT2D eigenvalue weighted by Gasteiger charge is 2.32. The van der Waals surface area contributed by atoms with Crippen LogP contribution in [-0.4, -0.2) is 30.7 Å². The molecule has 0 saturated carbocycles. The number of nitrogens with zero attached hydrogens (tertiary/aromatic N) is 4. The fourth-order valence-corrected chi connectivity index (χ4v) is 5.54. The number of nitrogens with two attached hydrogens (primary N) is 1. The first-order valence-corrected chi connectivity index (χ1v) is 13.2. The molecule has 1 aromatic carbocycles. The summed E-state index contributed by atoms with van der Waals surface area (Å²) in [5, 5.41) is 0.314. The number of aromatic nitrogens is 4. The molecular formula is C30H26ClFN6O. The minimum Gasteiger partial charge on any atom is -0.383 e. The first kappa shape index (κ1) is 25.0. The smallest absolute Gasteiger partial charge is 0.271 e. The number of hydrogen-bond donors (Lipinski definition) is 2. The summed E-state index contributed by atoms with van der Waals surface area (Å²) in [4.78, 5) is 32.8. The first-order chi connectivity index (χ1) is 18.9. The van der Waals surface area contributed by atoms with Crippen molar-refractivity contribution in [3.05, 3.63) is 106 Å². The lowest BCUT2D eigenvalue weighted by Gasteiger charge is -2.34. The summed E-state index contributed by atoms with van der Waals surface area (Å²) in [5.74, 6) is -0.167. The third-order valence-corrected chi connectivity index (χ3v) is 7.59. The van der Waals surface area contributed by atoms with E-state index < -0.39 is 5.82 Å². The van der Waals surface area contributed by atoms with E-state index in [-0.39, 0.29) is 18.5 Å². The number of hydrogen-bond acceptors (Lipinski definition) is 5. The SMILES string of the molecule is Cc1cc2[nH]c(C(=O)N(Cc3ccc(-c4c(F)cccc4Cl)cn3)C3CCCc4cccnc43)cc2nc1N. The standard InChI is InChI=1S/C30H26ClFN6O/c1-17-13-23-24(37-29(17)33)14-25(36-23)30(39)38(26-9-2-5-18-6-4-12-34-28(18)26)16-20-11-10-19(15-35-20)27-21(31)7-3-8-22(27)32/h3-4,6-8,10-15,26,36H,2,5,9,16H2,1H3,(H2,33,37). The van der Waals surface area contributed by atoms with Gasteiger partial charge in [0.25, 0.3) is 5.91 Å². The number of rotatable bonds is 5. The molecule has 0 bridgehead atoms. The van der Waals surface area contributed by atoms with Gasteiger partial charge in [-0.1, -0.05) is 29.8 Å². The van der Waals surface area contributed by atoms with Crippen LogP contribution in [0.4, 0.5) is 10.2 Å². The summed E-state index contributed by atoms with van der Waals surface area (Å²) < 4.78 is 14.5. The second-order valence-electron chi connectivity index (χ2n) is 9.83. The Morgan fingerprint density at radius 2 is 2.05 bits per heavy atom. The van der Waals surface area contributed by atoms with Crippen molar-refractivity contribution < 1.29 is 9.18 Å². The van der Waals surface area contributed by atoms with E-state index in [2.05, 4.69) is 26.0 Å². The molecule has 5 aromatic rings. The van der Waals surface area contributed by atoms with E-state index in [1.807, 2.05) is 24.0 Å². The molecule has 3 N–H and O–H groups in total. The highest BCUT2D eigenvalue weighted by molar-refractivity contribution is 6.33. The Labute approximate surface area is 229 Å². The number of halogens is 2. The predicted molar refractivity (Wildman–Crippen MR) is 150 cm³/mol. The molecule has 1 unspecified atom stereocenters. The van der Waals surface area contributed by atoms with Crippen molar-refractivity contribution in [3.8, 4) is 11.1 Å². The molecule has 0 saturated heterocycles. The lowest BCUT2D eigenvalue weighted by molar-refractivity contribution is 0.0624. The zero-order valence-electron chi connectivity index (χ0n) is 21.3. The minimum absolute atomic E-state index is 0.184. The van der Waals surface area contributed by atoms with Gasteiger partial charge in [0.2, 0.25) is 0 Å². The molecule has 4 heterocycles. The summed E-state index contributed by atoms with van der Waals surface area (Å²) in [7, 11) is 0. The Bertz CT molecular complexity index is 1640. The lowest BCUT2D eigenvalue weighted by Crippen LogP contribution is -2.37. The van der Waals surface area contributed by atoms with Gasteiger partial charge in [0.1, 0.15) is 17.3 Å². The molecule has 1 amide bonds. The zero-order valence-corrected chi connectivity index (χ0v) is 22.0. The molecule has 4 aromatic heterocycles. The molecule has 6 rings (SSSR count). The number of aryl methyl sites for hydroxylation is 2. The second-order valence-corrected chi connectivity index (χ2v) is 10.2. The molecule has 1 aliphatic rings. The highest BCUT2D eigenvalue weighted by atomic mass is 35.5. The van der Waals surface area contributed by atoms with Crippen LogP contribution in [0.5, 0.6) is 0 Å². The molecule has 0 fully saturated rings. The minimum atomic E-state index is -0.415. The highest BCUT2D eigenvalue weighted by Crippen LogP contribution is 2.35. The Kier molecular flexibility index (Phi) is 6.48. The van der Waals surface area contributed by atoms with Crippen LogP contribution in [0.15, 0.2) is 67.0 Å². The molecule has 196 valence electrons. The van der Waals surface area contributed by atoms with Crippen molar-refractivity contribution in [1.29, 1.82) is 0 Å². The van der Waals surface area contributed by atoms with Crippen molar-refractivity contribution in [2.45, 2.75) is 38.8 Å². The molecular weight excluding hydrogens is 515 g/mol. The van der Waals surface area contributed by atoms with Gasteiger partial charge in [-0.3, -0.25) is 14.8 Å². The molecule has 1 aliphatic carbocycles. The Morgan fingerprint density at radius 3 is 2.85 bits per heavy atom. The number of anilines is 1. The van der Waals surface area contributed by atoms with Gasteiger partial charge in [0.15, 0.2) is 0 Å². The van der Waals surface area contributed by atoms with Crippen molar-refractivity contribution >= 4 is 34.4 Å². The topological polar surface area (TPSA) is 101 Å². The van der Waals surface area contributed by atoms with Gasteiger partial charge in [0.05, 0.1) is 40.0 Å². The molecule has 9 heteroatoms. The van der Waals surface area contributed by atoms with Crippen LogP contribution in [0.1, 0.15) is 51.9 Å². The van der Waals surface area contributed by atoms with E-state index in [4.69, 9.17) is 17.3 Å². The first-order valence-electron chi connectivity index (χ1n) is 12.8. The average Bonchev–Trinajstić information content (AvgIpc) is 3.34. The number of nitrogen functional groups attached to an aromatic ring is 1. The average molecular weight is 541 g/mol. The quantitative estimate of drug-likeness (QED) is 0.268. The maximum Gasteiger partial charge on any atom is 0.271 e. The molecule has 1 atom stereocenters. The Morgan fingerprint density at radius 1 is 1.18 bits per heavy atom. The van der Waals surface area contributed by atoms with Crippen molar-refractivity contribution in [2.75, 3.05) is 5.73 Å². The number of aromatic amines is 1. The number of carbonyl (C=O) groups is 1. The fourth-order valence-electron chi connectivity index (χ4n) is 5.27. The summed E-state index contributed by atoms with van der Waals surface area (Å²) in [6.45, 7) is 2.12. The predicted octanol–water partition coefficient (Wildman–Crippen LogP) is 6.42. The van der Waals surface area contributed by atoms with E-state index in [1.165, 1.54) is 6.07 Å². The normalized spacial score (nSPS) is 14.8. The van der Waals surface area contributed by atoms with Gasteiger partial charge >= 0.3 is 0 Å². The summed E-state index contributed by atoms with van der Waals surface area (Å²) in [6, 6.07) is 15.6. The number of amides is 1. The van der Waals surface area contributed by atoms with Gasteiger partial charge in [-0.15, -0.1) is 0 Å². The van der Waals surface area contributed by atoms with E-state index in [0.29, 0.717) is 38.9 Å². The largest absolute Gasteiger partial charge is 0.383 e. The number of carbonyl (C=O) groups excluding carboxylic acids is 1. The molecule has 0 aliphatic heterocycles. The van der Waals surface area contributed by atoms with Crippen LogP contribution >= 0.6 is 11.6 Å². The van der Waals surface area contributed by atoms with Gasteiger partial charge in [-0.25, -0.2) is 9.37 Å². The van der Waals surface area contributed by atoms with Crippen LogP contribution in [0, 0.1) is 12.7 Å². The second kappa shape index (κ2) is 10.1. The zero-order chi connectivity index (χ0) is 27.1. The maximum atomic E-state index is 14.5. The maximum absolute atomic E-state index is 14.5. The van der Waals surface area contributed by atoms with Crippen molar-refractivity contribution in [2.24, 2.45) is 0 Å². The van der Waals surface area contributed by atoms with Gasteiger partial charge in [-0.05, 0) is 73.7 Å². The number of nitrogens with one attached hydrogen (secondary N) is 1. The van der Waals surface area contributed by atoms with Gasteiger partial charge in [-0.2, -0.15) is 0 Å². The fraction of sp³-hybridized carbons (Fsp3) is 0.200. The van der Waals surface area contributed by atoms with E-state index in [0.717, 1.165) is 41.6 Å². The summed E-state index contributed by atoms with van der Waals surface area (Å²) in [6.07, 6.45) is 6.00. The van der Waals surface area contributed by atoms with E-state index in [1.54, 1.807) is 42.7 Å². The molecule has 0 spiro atoms. The lowest BCUT2D eigenvalue weighted by atomic mass is 9.90. The number of pyridine rings is 3. The van der Waals surface area contributed by atoms with Crippen LogP contribution < -0.4 is 5.73 Å². The van der Waals surface area contributed by atoms with Gasteiger partial charge in [0, 0.05) is 23.5 Å². The van der Waals surface area contributed by atoms with Crippen LogP contribution in [-0.2, 0) is 13.0 Å². The van der Waals surface area contributed by atoms with Crippen LogP contribution in [0.25, 0.3) is 22.2 Å². The van der Waals surface area contributed by atoms with E-state index in [9.17, 15) is 9.18 Å². The van der Waals surface area contributed by atoms with Gasteiger partial charge < -0.3 is 15.6 Å². The van der Waals surface area contributed by atoms with E-state index >= 15 is 0 Å². The molecule has 0 radical (unpaired) electrons. The van der Waals surface area contributed by atoms with Crippen molar-refractivity contribution in [1.82, 2.24) is 24.8 Å². The third-order valence-electron chi connectivity index (χ3n) is 7.27. The van der Waals surface area contributed by atoms with Crippen LogP contribution in [0.3, 0.4) is 0 Å². The number of fused-ring (bicyclic) bond motifs is 2.